The number of carbonyl (C=O) groups is 1. The third kappa shape index (κ3) is 6.71. The van der Waals surface area contributed by atoms with Gasteiger partial charge in [-0.15, -0.1) is 12.4 Å². The van der Waals surface area contributed by atoms with Crippen molar-refractivity contribution in [2.75, 3.05) is 26.2 Å². The van der Waals surface area contributed by atoms with Gasteiger partial charge >= 0.3 is 0 Å². The molecule has 0 radical (unpaired) electrons. The molecule has 0 bridgehead atoms. The first kappa shape index (κ1) is 21.4. The van der Waals surface area contributed by atoms with E-state index in [1.807, 2.05) is 4.90 Å². The summed E-state index contributed by atoms with van der Waals surface area (Å²) in [5.41, 5.74) is 7.90. The molecule has 1 fully saturated rings. The van der Waals surface area contributed by atoms with E-state index in [1.54, 1.807) is 0 Å². The quantitative estimate of drug-likeness (QED) is 0.689. The lowest BCUT2D eigenvalue weighted by atomic mass is 10.0. The Labute approximate surface area is 159 Å². The van der Waals surface area contributed by atoms with E-state index in [4.69, 9.17) is 10.5 Å². The zero-order valence-corrected chi connectivity index (χ0v) is 16.7. The van der Waals surface area contributed by atoms with Crippen LogP contribution in [-0.2, 0) is 16.0 Å². The lowest BCUT2D eigenvalue weighted by Crippen LogP contribution is -2.41. The third-order valence-corrected chi connectivity index (χ3v) is 5.24. The second-order valence-electron chi connectivity index (χ2n) is 6.18. The molecule has 0 atom stereocenters. The molecule has 1 aromatic carbocycles. The Bertz CT molecular complexity index is 520. The molecule has 0 spiro atoms. The topological polar surface area (TPSA) is 55.6 Å². The van der Waals surface area contributed by atoms with Gasteiger partial charge in [0.1, 0.15) is 0 Å². The Kier molecular flexibility index (Phi) is 9.89. The Balaban J connectivity index is 0.00000288. The normalized spacial score (nSPS) is 15.2. The Morgan fingerprint density at radius 2 is 2.08 bits per heavy atom. The van der Waals surface area contributed by atoms with Gasteiger partial charge in [0.25, 0.3) is 0 Å². The largest absolute Gasteiger partial charge is 0.378 e. The highest BCUT2D eigenvalue weighted by Crippen LogP contribution is 2.19. The monoisotopic (exact) mass is 418 g/mol. The van der Waals surface area contributed by atoms with Crippen molar-refractivity contribution < 1.29 is 9.53 Å². The van der Waals surface area contributed by atoms with E-state index in [1.165, 1.54) is 11.1 Å². The van der Waals surface area contributed by atoms with E-state index in [0.717, 1.165) is 49.9 Å². The predicted octanol–water partition coefficient (Wildman–Crippen LogP) is 3.47. The molecule has 0 aliphatic carbocycles. The predicted molar refractivity (Wildman–Crippen MR) is 104 cm³/mol. The minimum atomic E-state index is 0. The number of hydrogen-bond acceptors (Lipinski definition) is 3. The molecule has 2 N–H and O–H groups in total. The summed E-state index contributed by atoms with van der Waals surface area (Å²) in [6, 6.07) is 6.29. The molecule has 1 amide bonds. The van der Waals surface area contributed by atoms with Crippen LogP contribution in [0.2, 0.25) is 0 Å². The van der Waals surface area contributed by atoms with Crippen molar-refractivity contribution >= 4 is 34.2 Å². The number of carbonyl (C=O) groups excluding carboxylic acids is 1. The molecule has 0 aromatic heterocycles. The Morgan fingerprint density at radius 1 is 1.38 bits per heavy atom. The number of ether oxygens (including phenoxy) is 1. The molecule has 1 heterocycles. The van der Waals surface area contributed by atoms with E-state index in [9.17, 15) is 4.79 Å². The van der Waals surface area contributed by atoms with Crippen LogP contribution in [-0.4, -0.2) is 43.2 Å². The van der Waals surface area contributed by atoms with E-state index >= 15 is 0 Å². The Hall–Kier alpha value is -0.620. The summed E-state index contributed by atoms with van der Waals surface area (Å²) >= 11 is 3.51. The molecule has 1 aliphatic rings. The fourth-order valence-electron chi connectivity index (χ4n) is 2.88. The van der Waals surface area contributed by atoms with Gasteiger partial charge in [0.05, 0.1) is 6.10 Å². The van der Waals surface area contributed by atoms with Crippen LogP contribution in [0, 0.1) is 6.92 Å². The van der Waals surface area contributed by atoms with Gasteiger partial charge in [-0.2, -0.15) is 0 Å². The van der Waals surface area contributed by atoms with Crippen LogP contribution in [0.4, 0.5) is 0 Å². The average Bonchev–Trinajstić information content (AvgIpc) is 2.56. The summed E-state index contributed by atoms with van der Waals surface area (Å²) in [4.78, 5) is 14.3. The summed E-state index contributed by atoms with van der Waals surface area (Å²) < 4.78 is 6.90. The van der Waals surface area contributed by atoms with Gasteiger partial charge in [-0.1, -0.05) is 28.1 Å². The number of aryl methyl sites for hydroxylation is 2. The second-order valence-corrected chi connectivity index (χ2v) is 7.03. The molecule has 1 saturated heterocycles. The maximum absolute atomic E-state index is 12.3. The number of amides is 1. The number of likely N-dealkylation sites (tertiary alicyclic amines) is 1. The number of nitrogens with zero attached hydrogens (tertiary/aromatic N) is 1. The van der Waals surface area contributed by atoms with Crippen LogP contribution >= 0.6 is 28.3 Å². The summed E-state index contributed by atoms with van der Waals surface area (Å²) in [5, 5.41) is 0. The summed E-state index contributed by atoms with van der Waals surface area (Å²) in [7, 11) is 0. The van der Waals surface area contributed by atoms with Gasteiger partial charge < -0.3 is 15.4 Å². The maximum atomic E-state index is 12.3. The lowest BCUT2D eigenvalue weighted by molar-refractivity contribution is -0.133. The van der Waals surface area contributed by atoms with Crippen molar-refractivity contribution in [1.29, 1.82) is 0 Å². The summed E-state index contributed by atoms with van der Waals surface area (Å²) in [5.74, 6) is 0.256. The highest BCUT2D eigenvalue weighted by atomic mass is 79.9. The average molecular weight is 420 g/mol. The second kappa shape index (κ2) is 11.1. The summed E-state index contributed by atoms with van der Waals surface area (Å²) in [6.07, 6.45) is 4.46. The van der Waals surface area contributed by atoms with Crippen molar-refractivity contribution in [3.63, 3.8) is 0 Å². The molecule has 1 aliphatic heterocycles. The number of halogens is 2. The van der Waals surface area contributed by atoms with Gasteiger partial charge in [0.2, 0.25) is 5.91 Å². The molecule has 0 saturated carbocycles. The first-order chi connectivity index (χ1) is 11.1. The molecular weight excluding hydrogens is 392 g/mol. The third-order valence-electron chi connectivity index (χ3n) is 4.35. The molecule has 0 unspecified atom stereocenters. The summed E-state index contributed by atoms with van der Waals surface area (Å²) in [6.45, 7) is 5.10. The number of hydrogen-bond donors (Lipinski definition) is 1. The first-order valence-electron chi connectivity index (χ1n) is 8.44. The molecule has 24 heavy (non-hydrogen) atoms. The molecule has 4 nitrogen and oxygen atoms in total. The van der Waals surface area contributed by atoms with Crippen LogP contribution in [0.3, 0.4) is 0 Å². The van der Waals surface area contributed by atoms with Gasteiger partial charge in [-0.3, -0.25) is 4.79 Å². The number of piperidine rings is 1. The number of rotatable bonds is 7. The van der Waals surface area contributed by atoms with E-state index in [-0.39, 0.29) is 18.3 Å². The first-order valence-corrected chi connectivity index (χ1v) is 9.24. The maximum Gasteiger partial charge on any atom is 0.222 e. The standard InChI is InChI=1S/C18H27BrN2O2.ClH/c1-14-13-15(3-5-17(14)19)4-6-18(22)21-10-7-16(8-11-21)23-12-2-9-20;/h3,5,13,16H,2,4,6-12,20H2,1H3;1H. The zero-order chi connectivity index (χ0) is 16.7. The molecule has 1 aromatic rings. The Morgan fingerprint density at radius 3 is 2.71 bits per heavy atom. The molecule has 2 rings (SSSR count). The number of benzene rings is 1. The smallest absolute Gasteiger partial charge is 0.222 e. The SMILES string of the molecule is Cc1cc(CCC(=O)N2CCC(OCCCN)CC2)ccc1Br.Cl. The van der Waals surface area contributed by atoms with Crippen molar-refractivity contribution in [2.45, 2.75) is 45.1 Å². The van der Waals surface area contributed by atoms with Gasteiger partial charge in [0.15, 0.2) is 0 Å². The minimum absolute atomic E-state index is 0. The minimum Gasteiger partial charge on any atom is -0.378 e. The molecule has 6 heteroatoms. The van der Waals surface area contributed by atoms with E-state index < -0.39 is 0 Å². The fourth-order valence-corrected chi connectivity index (χ4v) is 3.12. The zero-order valence-electron chi connectivity index (χ0n) is 14.3. The van der Waals surface area contributed by atoms with Crippen LogP contribution < -0.4 is 5.73 Å². The van der Waals surface area contributed by atoms with Crippen molar-refractivity contribution in [3.05, 3.63) is 33.8 Å². The van der Waals surface area contributed by atoms with Crippen molar-refractivity contribution in [3.8, 4) is 0 Å². The lowest BCUT2D eigenvalue weighted by Gasteiger charge is -2.32. The van der Waals surface area contributed by atoms with E-state index in [0.29, 0.717) is 19.1 Å². The highest BCUT2D eigenvalue weighted by molar-refractivity contribution is 9.10. The van der Waals surface area contributed by atoms with Gasteiger partial charge in [0, 0.05) is 30.6 Å². The van der Waals surface area contributed by atoms with Gasteiger partial charge in [-0.25, -0.2) is 0 Å². The van der Waals surface area contributed by atoms with Crippen LogP contribution in [0.25, 0.3) is 0 Å². The molecular formula is C18H28BrClN2O2. The van der Waals surface area contributed by atoms with Crippen molar-refractivity contribution in [1.82, 2.24) is 4.90 Å². The number of nitrogens with two attached hydrogens (primary N) is 1. The highest BCUT2D eigenvalue weighted by Gasteiger charge is 2.22. The van der Waals surface area contributed by atoms with E-state index in [2.05, 4.69) is 41.1 Å². The van der Waals surface area contributed by atoms with Crippen LogP contribution in [0.5, 0.6) is 0 Å². The fraction of sp³-hybridized carbons (Fsp3) is 0.611. The van der Waals surface area contributed by atoms with Crippen molar-refractivity contribution in [2.24, 2.45) is 5.73 Å². The molecule has 136 valence electrons. The van der Waals surface area contributed by atoms with Crippen LogP contribution in [0.1, 0.15) is 36.8 Å². The van der Waals surface area contributed by atoms with Gasteiger partial charge in [-0.05, 0) is 56.3 Å². The van der Waals surface area contributed by atoms with Crippen LogP contribution in [0.15, 0.2) is 22.7 Å².